The van der Waals surface area contributed by atoms with Gasteiger partial charge < -0.3 is 9.64 Å². The number of allylic oxidation sites excluding steroid dienone is 1. The Morgan fingerprint density at radius 2 is 2.24 bits per heavy atom. The van der Waals surface area contributed by atoms with Gasteiger partial charge in [0.05, 0.1) is 0 Å². The summed E-state index contributed by atoms with van der Waals surface area (Å²) in [6.45, 7) is 2.15. The molecule has 1 aliphatic rings. The van der Waals surface area contributed by atoms with Crippen molar-refractivity contribution in [1.82, 2.24) is 4.90 Å². The molecule has 0 aromatic heterocycles. The first kappa shape index (κ1) is 18.4. The van der Waals surface area contributed by atoms with Crippen molar-refractivity contribution in [1.29, 1.82) is 0 Å². The molecule has 21 heavy (non-hydrogen) atoms. The molecule has 1 aromatic carbocycles. The summed E-state index contributed by atoms with van der Waals surface area (Å²) in [5, 5.41) is 0. The van der Waals surface area contributed by atoms with Crippen LogP contribution in [0.25, 0.3) is 5.70 Å². The molecule has 1 aromatic rings. The van der Waals surface area contributed by atoms with E-state index in [2.05, 4.69) is 33.8 Å². The van der Waals surface area contributed by atoms with Crippen LogP contribution in [0.1, 0.15) is 25.3 Å². The van der Waals surface area contributed by atoms with Gasteiger partial charge in [-0.1, -0.05) is 26.3 Å². The second kappa shape index (κ2) is 8.73. The molecule has 0 spiro atoms. The summed E-state index contributed by atoms with van der Waals surface area (Å²) in [4.78, 5) is 13.4. The molecule has 1 heterocycles. The minimum Gasteiger partial charge on any atom is -0.481 e. The Morgan fingerprint density at radius 1 is 1.48 bits per heavy atom. The van der Waals surface area contributed by atoms with Crippen molar-refractivity contribution >= 4 is 27.5 Å². The van der Waals surface area contributed by atoms with Gasteiger partial charge >= 0.3 is 0 Å². The second-order valence-electron chi connectivity index (χ2n) is 4.34. The summed E-state index contributed by atoms with van der Waals surface area (Å²) in [6.07, 6.45) is 4.44. The first-order chi connectivity index (χ1) is 9.63. The maximum Gasteiger partial charge on any atom is 0.222 e. The van der Waals surface area contributed by atoms with Gasteiger partial charge in [0.25, 0.3) is 0 Å². The number of carbonyl (C=O) groups excluding carboxylic acids is 1. The number of hydrogen-bond donors (Lipinski definition) is 0. The van der Waals surface area contributed by atoms with Crippen molar-refractivity contribution in [3.8, 4) is 17.6 Å². The number of ether oxygens (including phenoxy) is 1. The van der Waals surface area contributed by atoms with Crippen molar-refractivity contribution < 1.29 is 42.2 Å². The van der Waals surface area contributed by atoms with Gasteiger partial charge in [-0.15, -0.1) is 29.7 Å². The van der Waals surface area contributed by atoms with E-state index in [9.17, 15) is 4.79 Å². The van der Waals surface area contributed by atoms with E-state index in [1.165, 1.54) is 0 Å². The van der Waals surface area contributed by atoms with Crippen molar-refractivity contribution in [2.24, 2.45) is 0 Å². The standard InChI is InChI=1S/C16H15BrNO2.Y/c1-3-4-10-20-12-8-9-13(14(17)11-12)15-6-5-7-16(19)18(15)2;/h8-9,11H,5,7,10H2,1-2H3;/q-1;. The Morgan fingerprint density at radius 3 is 2.90 bits per heavy atom. The van der Waals surface area contributed by atoms with Crippen LogP contribution in [0.4, 0.5) is 0 Å². The quantitative estimate of drug-likeness (QED) is 0.553. The third-order valence-corrected chi connectivity index (χ3v) is 3.68. The van der Waals surface area contributed by atoms with Crippen LogP contribution in [0.15, 0.2) is 22.7 Å². The van der Waals surface area contributed by atoms with E-state index in [1.54, 1.807) is 18.9 Å². The van der Waals surface area contributed by atoms with Crippen molar-refractivity contribution in [2.45, 2.75) is 19.8 Å². The Kier molecular flexibility index (Phi) is 7.66. The van der Waals surface area contributed by atoms with Crippen LogP contribution >= 0.6 is 15.9 Å². The Labute approximate surface area is 159 Å². The number of hydrogen-bond acceptors (Lipinski definition) is 2. The molecule has 1 amide bonds. The average Bonchev–Trinajstić information content (AvgIpc) is 2.43. The van der Waals surface area contributed by atoms with Gasteiger partial charge in [-0.2, -0.15) is 0 Å². The van der Waals surface area contributed by atoms with E-state index in [0.29, 0.717) is 19.4 Å². The smallest absolute Gasteiger partial charge is 0.222 e. The molecule has 0 saturated heterocycles. The number of nitrogens with zero attached hydrogens (tertiary/aromatic N) is 1. The molecule has 3 nitrogen and oxygen atoms in total. The van der Waals surface area contributed by atoms with Crippen LogP contribution in [0.5, 0.6) is 5.75 Å². The molecule has 0 atom stereocenters. The fraction of sp³-hybridized carbons (Fsp3) is 0.312. The Bertz CT molecular complexity index is 616. The van der Waals surface area contributed by atoms with E-state index in [-0.39, 0.29) is 38.6 Å². The van der Waals surface area contributed by atoms with Crippen molar-refractivity contribution in [2.75, 3.05) is 13.7 Å². The topological polar surface area (TPSA) is 29.5 Å². The molecule has 0 saturated carbocycles. The number of rotatable bonds is 3. The number of halogens is 1. The van der Waals surface area contributed by atoms with Crippen LogP contribution in [-0.4, -0.2) is 24.5 Å². The molecule has 0 bridgehead atoms. The van der Waals surface area contributed by atoms with Gasteiger partial charge in [0.1, 0.15) is 12.4 Å². The third kappa shape index (κ3) is 4.67. The first-order valence-corrected chi connectivity index (χ1v) is 7.12. The zero-order valence-corrected chi connectivity index (χ0v) is 16.5. The monoisotopic (exact) mass is 421 g/mol. The number of amides is 1. The van der Waals surface area contributed by atoms with Gasteiger partial charge in [0.15, 0.2) is 0 Å². The fourth-order valence-electron chi connectivity index (χ4n) is 1.94. The zero-order valence-electron chi connectivity index (χ0n) is 12.1. The molecule has 1 aliphatic heterocycles. The summed E-state index contributed by atoms with van der Waals surface area (Å²) < 4.78 is 6.38. The Hall–Kier alpha value is -0.626. The largest absolute Gasteiger partial charge is 0.481 e. The van der Waals surface area contributed by atoms with E-state index in [4.69, 9.17) is 4.74 Å². The minimum absolute atomic E-state index is 0. The number of carbonyl (C=O) groups is 1. The molecular weight excluding hydrogens is 407 g/mol. The molecule has 0 aliphatic carbocycles. The summed E-state index contributed by atoms with van der Waals surface area (Å²) in [7, 11) is 1.78. The fourth-order valence-corrected chi connectivity index (χ4v) is 2.49. The maximum absolute atomic E-state index is 11.7. The van der Waals surface area contributed by atoms with Crippen LogP contribution in [0.2, 0.25) is 0 Å². The Balaban J connectivity index is 0.00000220. The summed E-state index contributed by atoms with van der Waals surface area (Å²) in [6, 6.07) is 5.68. The van der Waals surface area contributed by atoms with Crippen LogP contribution < -0.4 is 4.74 Å². The molecule has 2 rings (SSSR count). The summed E-state index contributed by atoms with van der Waals surface area (Å²) >= 11 is 3.52. The van der Waals surface area contributed by atoms with E-state index in [1.807, 2.05) is 18.2 Å². The van der Waals surface area contributed by atoms with Crippen molar-refractivity contribution in [3.63, 3.8) is 0 Å². The molecule has 0 fully saturated rings. The zero-order chi connectivity index (χ0) is 14.5. The van der Waals surface area contributed by atoms with Crippen LogP contribution in [0, 0.1) is 17.9 Å². The normalized spacial score (nSPS) is 13.8. The number of benzene rings is 1. The summed E-state index contributed by atoms with van der Waals surface area (Å²) in [5.41, 5.74) is 1.75. The predicted molar refractivity (Wildman–Crippen MR) is 81.7 cm³/mol. The van der Waals surface area contributed by atoms with Gasteiger partial charge in [0.2, 0.25) is 5.91 Å². The third-order valence-electron chi connectivity index (χ3n) is 3.02. The molecule has 0 unspecified atom stereocenters. The van der Waals surface area contributed by atoms with Gasteiger partial charge in [0, 0.05) is 46.2 Å². The molecule has 107 valence electrons. The van der Waals surface area contributed by atoms with E-state index < -0.39 is 0 Å². The van der Waals surface area contributed by atoms with E-state index in [0.717, 1.165) is 21.5 Å². The van der Waals surface area contributed by atoms with Crippen molar-refractivity contribution in [3.05, 3.63) is 34.3 Å². The predicted octanol–water partition coefficient (Wildman–Crippen LogP) is 3.24. The molecule has 0 N–H and O–H groups in total. The average molecular weight is 422 g/mol. The second-order valence-corrected chi connectivity index (χ2v) is 5.19. The van der Waals surface area contributed by atoms with Gasteiger partial charge in [-0.05, 0) is 19.1 Å². The first-order valence-electron chi connectivity index (χ1n) is 6.33. The molecule has 1 radical (unpaired) electrons. The maximum atomic E-state index is 11.7. The van der Waals surface area contributed by atoms with E-state index >= 15 is 0 Å². The van der Waals surface area contributed by atoms with Gasteiger partial charge in [-0.3, -0.25) is 4.79 Å². The van der Waals surface area contributed by atoms with Crippen LogP contribution in [-0.2, 0) is 37.5 Å². The molecular formula is C16H15BrNO2Y-. The van der Waals surface area contributed by atoms with Crippen LogP contribution in [0.3, 0.4) is 0 Å². The minimum atomic E-state index is 0. The van der Waals surface area contributed by atoms with Gasteiger partial charge in [-0.25, -0.2) is 6.08 Å². The SMILES string of the molecule is CC#CCOc1ccc(C2=[C-]CCC(=O)N2C)c(Br)c1.[Y]. The molecule has 5 heteroatoms. The summed E-state index contributed by atoms with van der Waals surface area (Å²) in [5.74, 6) is 6.49.